The van der Waals surface area contributed by atoms with Gasteiger partial charge in [0.1, 0.15) is 8.07 Å². The van der Waals surface area contributed by atoms with E-state index in [0.717, 1.165) is 12.8 Å². The zero-order valence-electron chi connectivity index (χ0n) is 22.1. The monoisotopic (exact) mass is 512 g/mol. The third kappa shape index (κ3) is 5.16. The summed E-state index contributed by atoms with van der Waals surface area (Å²) in [4.78, 5) is 0. The smallest absolute Gasteiger partial charge is 0.114 e. The second-order valence-electron chi connectivity index (χ2n) is 13.3. The lowest BCUT2D eigenvalue weighted by atomic mass is 10.0. The summed E-state index contributed by atoms with van der Waals surface area (Å²) in [6.45, 7) is 28.8. The van der Waals surface area contributed by atoms with Crippen molar-refractivity contribution in [2.75, 3.05) is 0 Å². The van der Waals surface area contributed by atoms with Crippen LogP contribution in [0.15, 0.2) is 45.8 Å². The number of rotatable bonds is 8. The summed E-state index contributed by atoms with van der Waals surface area (Å²) in [6, 6.07) is 0. The highest BCUT2D eigenvalue weighted by Gasteiger charge is 2.63. The van der Waals surface area contributed by atoms with Gasteiger partial charge >= 0.3 is 0 Å². The molecule has 2 atom stereocenters. The molecule has 0 bridgehead atoms. The van der Waals surface area contributed by atoms with Crippen molar-refractivity contribution in [3.63, 3.8) is 0 Å². The summed E-state index contributed by atoms with van der Waals surface area (Å²) in [7, 11) is -5.57. The van der Waals surface area contributed by atoms with E-state index in [0.29, 0.717) is 11.8 Å². The van der Waals surface area contributed by atoms with Crippen LogP contribution in [0.4, 0.5) is 0 Å². The van der Waals surface area contributed by atoms with Gasteiger partial charge in [-0.15, -0.1) is 23.2 Å². The second-order valence-corrected chi connectivity index (χ2v) is 30.0. The summed E-state index contributed by atoms with van der Waals surface area (Å²) in [5, 5.41) is 2.99. The van der Waals surface area contributed by atoms with Crippen LogP contribution in [0.5, 0.6) is 0 Å². The van der Waals surface area contributed by atoms with Gasteiger partial charge in [0, 0.05) is 0 Å². The Hall–Kier alpha value is 0.191. The molecule has 2 unspecified atom stereocenters. The first-order chi connectivity index (χ1) is 13.8. The molecular formula is C26H46Cl2Si3. The molecule has 0 heterocycles. The maximum Gasteiger partial charge on any atom is 0.114 e. The van der Waals surface area contributed by atoms with E-state index < -0.39 is 33.2 Å². The average Bonchev–Trinajstić information content (AvgIpc) is 3.05. The van der Waals surface area contributed by atoms with Crippen LogP contribution in [-0.2, 0) is 0 Å². The molecule has 176 valence electrons. The van der Waals surface area contributed by atoms with E-state index >= 15 is 0 Å². The fraction of sp³-hybridized carbons (Fsp3) is 0.692. The summed E-state index contributed by atoms with van der Waals surface area (Å²) in [5.41, 5.74) is 2.84. The molecule has 0 spiro atoms. The molecule has 2 aliphatic rings. The van der Waals surface area contributed by atoms with Crippen LogP contribution >= 0.6 is 23.2 Å². The van der Waals surface area contributed by atoms with Crippen LogP contribution in [0.3, 0.4) is 0 Å². The maximum absolute atomic E-state index is 7.86. The molecule has 2 aliphatic carbocycles. The van der Waals surface area contributed by atoms with Gasteiger partial charge in [-0.3, -0.25) is 0 Å². The first-order valence-electron chi connectivity index (χ1n) is 12.0. The van der Waals surface area contributed by atoms with Crippen LogP contribution in [0.25, 0.3) is 0 Å². The second kappa shape index (κ2) is 8.76. The van der Waals surface area contributed by atoms with E-state index in [4.69, 9.17) is 23.2 Å². The highest BCUT2D eigenvalue weighted by Crippen LogP contribution is 2.57. The average molecular weight is 514 g/mol. The highest BCUT2D eigenvalue weighted by molar-refractivity contribution is 7.03. The first kappa shape index (κ1) is 27.4. The zero-order chi connectivity index (χ0) is 24.2. The van der Waals surface area contributed by atoms with Crippen LogP contribution in [0, 0.1) is 11.8 Å². The molecule has 0 saturated heterocycles. The van der Waals surface area contributed by atoms with Crippen molar-refractivity contribution >= 4 is 47.4 Å². The molecule has 0 aliphatic heterocycles. The summed E-state index contributed by atoms with van der Waals surface area (Å²) < 4.78 is -0.849. The highest BCUT2D eigenvalue weighted by atomic mass is 35.5. The van der Waals surface area contributed by atoms with E-state index in [2.05, 4.69) is 104 Å². The number of allylic oxidation sites excluding steroid dienone is 8. The van der Waals surface area contributed by atoms with Gasteiger partial charge in [-0.05, 0) is 24.7 Å². The van der Waals surface area contributed by atoms with E-state index in [1.807, 2.05) is 0 Å². The molecule has 0 nitrogen and oxygen atoms in total. The Balaban J connectivity index is 2.71. The molecule has 0 radical (unpaired) electrons. The van der Waals surface area contributed by atoms with Crippen molar-refractivity contribution < 1.29 is 0 Å². The standard InChI is InChI=1S/C26H46Cl2Si3/c1-19(2)13-21-15-23(29(5,6)7)25(27,17-21)31(11,12)26(28)18-22(14-20(3)4)16-24(26)30(8,9)10/h15-20H,13-14H2,1-12H3. The van der Waals surface area contributed by atoms with Crippen LogP contribution in [0.2, 0.25) is 52.4 Å². The van der Waals surface area contributed by atoms with Crippen molar-refractivity contribution in [1.82, 2.24) is 0 Å². The molecule has 5 heteroatoms. The Morgan fingerprint density at radius 2 is 0.935 bits per heavy atom. The van der Waals surface area contributed by atoms with Gasteiger partial charge in [0.05, 0.1) is 25.1 Å². The largest absolute Gasteiger partial charge is 0.114 e. The molecule has 0 aromatic carbocycles. The molecule has 0 N–H and O–H groups in total. The lowest BCUT2D eigenvalue weighted by Crippen LogP contribution is -2.66. The molecule has 0 fully saturated rings. The van der Waals surface area contributed by atoms with Gasteiger partial charge in [-0.25, -0.2) is 0 Å². The van der Waals surface area contributed by atoms with Gasteiger partial charge in [0.2, 0.25) is 0 Å². The molecule has 0 aromatic heterocycles. The number of halogens is 2. The molecular weight excluding hydrogens is 467 g/mol. The maximum atomic E-state index is 7.86. The van der Waals surface area contributed by atoms with E-state index in [9.17, 15) is 0 Å². The number of hydrogen-bond donors (Lipinski definition) is 0. The minimum atomic E-state index is -2.31. The van der Waals surface area contributed by atoms with Crippen molar-refractivity contribution in [1.29, 1.82) is 0 Å². The quantitative estimate of drug-likeness (QED) is 0.224. The molecule has 0 aromatic rings. The van der Waals surface area contributed by atoms with Gasteiger partial charge in [0.25, 0.3) is 0 Å². The Morgan fingerprint density at radius 1 is 0.645 bits per heavy atom. The Morgan fingerprint density at radius 3 is 1.16 bits per heavy atom. The molecule has 2 rings (SSSR count). The van der Waals surface area contributed by atoms with E-state index in [1.54, 1.807) is 0 Å². The van der Waals surface area contributed by atoms with E-state index in [1.165, 1.54) is 21.5 Å². The van der Waals surface area contributed by atoms with Gasteiger partial charge in [0.15, 0.2) is 0 Å². The minimum absolute atomic E-state index is 0.425. The van der Waals surface area contributed by atoms with E-state index in [-0.39, 0.29) is 0 Å². The lowest BCUT2D eigenvalue weighted by Gasteiger charge is -2.51. The van der Waals surface area contributed by atoms with Gasteiger partial charge in [-0.2, -0.15) is 0 Å². The number of alkyl halides is 2. The zero-order valence-corrected chi connectivity index (χ0v) is 26.6. The summed E-state index contributed by atoms with van der Waals surface area (Å²) >= 11 is 15.7. The van der Waals surface area contributed by atoms with Crippen molar-refractivity contribution in [2.45, 2.75) is 102 Å². The fourth-order valence-electron chi connectivity index (χ4n) is 5.33. The van der Waals surface area contributed by atoms with Gasteiger partial charge < -0.3 is 0 Å². The summed E-state index contributed by atoms with van der Waals surface area (Å²) in [6.07, 6.45) is 12.0. The topological polar surface area (TPSA) is 0 Å². The minimum Gasteiger partial charge on any atom is -0.114 e. The SMILES string of the molecule is CC(C)CC1=CC(Cl)([Si](C)(C)C2(Cl)C=C(CC(C)C)C=C2[Si](C)(C)C)C([Si](C)(C)C)=C1. The molecule has 31 heavy (non-hydrogen) atoms. The first-order valence-corrected chi connectivity index (χ1v) is 22.8. The number of hydrogen-bond acceptors (Lipinski definition) is 0. The van der Waals surface area contributed by atoms with Crippen molar-refractivity contribution in [3.8, 4) is 0 Å². The van der Waals surface area contributed by atoms with Crippen LogP contribution < -0.4 is 0 Å². The lowest BCUT2D eigenvalue weighted by molar-refractivity contribution is 0.650. The van der Waals surface area contributed by atoms with Crippen LogP contribution in [-0.4, -0.2) is 33.2 Å². The third-order valence-electron chi connectivity index (χ3n) is 6.94. The predicted octanol–water partition coefficient (Wildman–Crippen LogP) is 9.31. The van der Waals surface area contributed by atoms with Crippen molar-refractivity contribution in [3.05, 3.63) is 45.8 Å². The Bertz CT molecular complexity index is 764. The van der Waals surface area contributed by atoms with Crippen molar-refractivity contribution in [2.24, 2.45) is 11.8 Å². The fourth-order valence-corrected chi connectivity index (χ4v) is 19.3. The summed E-state index contributed by atoms with van der Waals surface area (Å²) in [5.74, 6) is 1.25. The molecule has 0 amide bonds. The Labute approximate surface area is 206 Å². The third-order valence-corrected chi connectivity index (χ3v) is 20.0. The molecule has 0 saturated carbocycles. The van der Waals surface area contributed by atoms with Gasteiger partial charge in [-0.1, -0.05) is 126 Å². The van der Waals surface area contributed by atoms with Crippen LogP contribution in [0.1, 0.15) is 40.5 Å². The predicted molar refractivity (Wildman–Crippen MR) is 153 cm³/mol. The Kier molecular flexibility index (Phi) is 7.75. The normalized spacial score (nSPS) is 27.6.